The van der Waals surface area contributed by atoms with E-state index in [1.807, 2.05) is 31.2 Å². The number of rotatable bonds is 7. The second-order valence-electron chi connectivity index (χ2n) is 8.28. The van der Waals surface area contributed by atoms with Gasteiger partial charge in [0.1, 0.15) is 5.75 Å². The third-order valence-corrected chi connectivity index (χ3v) is 6.24. The van der Waals surface area contributed by atoms with Crippen LogP contribution >= 0.6 is 0 Å². The van der Waals surface area contributed by atoms with Gasteiger partial charge in [0, 0.05) is 6.61 Å². The first-order valence-corrected chi connectivity index (χ1v) is 10.6. The molecule has 0 spiro atoms. The lowest BCUT2D eigenvalue weighted by Gasteiger charge is -2.41. The highest BCUT2D eigenvalue weighted by Gasteiger charge is 2.38. The predicted molar refractivity (Wildman–Crippen MR) is 104 cm³/mol. The Bertz CT molecular complexity index is 565. The van der Waals surface area contributed by atoms with Crippen LogP contribution in [-0.4, -0.2) is 18.7 Å². The third kappa shape index (κ3) is 5.33. The van der Waals surface area contributed by atoms with Crippen molar-refractivity contribution in [3.63, 3.8) is 0 Å². The summed E-state index contributed by atoms with van der Waals surface area (Å²) in [6.45, 7) is 5.19. The number of carbonyl (C=O) groups excluding carboxylic acids is 1. The van der Waals surface area contributed by atoms with Gasteiger partial charge in [-0.25, -0.2) is 0 Å². The van der Waals surface area contributed by atoms with Gasteiger partial charge in [-0.15, -0.1) is 0 Å². The molecule has 0 heterocycles. The normalized spacial score (nSPS) is 28.4. The number of hydrogen-bond acceptors (Lipinski definition) is 3. The SMILES string of the molecule is CCCCCOC1CCC2CC(C(=O)Oc3ccc(C)cc3)CCC2C1. The van der Waals surface area contributed by atoms with Crippen molar-refractivity contribution in [3.05, 3.63) is 29.8 Å². The van der Waals surface area contributed by atoms with Gasteiger partial charge in [-0.05, 0) is 75.8 Å². The van der Waals surface area contributed by atoms with Gasteiger partial charge in [0.25, 0.3) is 0 Å². The summed E-state index contributed by atoms with van der Waals surface area (Å²) in [5.74, 6) is 2.12. The number of esters is 1. The maximum Gasteiger partial charge on any atom is 0.314 e. The minimum atomic E-state index is -0.0368. The first kappa shape index (κ1) is 19.4. The van der Waals surface area contributed by atoms with E-state index in [0.29, 0.717) is 17.8 Å². The fourth-order valence-electron chi connectivity index (χ4n) is 4.62. The molecule has 3 nitrogen and oxygen atoms in total. The van der Waals surface area contributed by atoms with Gasteiger partial charge < -0.3 is 9.47 Å². The van der Waals surface area contributed by atoms with Gasteiger partial charge in [0.05, 0.1) is 12.0 Å². The van der Waals surface area contributed by atoms with Crippen molar-refractivity contribution in [2.75, 3.05) is 6.61 Å². The zero-order valence-corrected chi connectivity index (χ0v) is 16.4. The van der Waals surface area contributed by atoms with Crippen molar-refractivity contribution >= 4 is 5.97 Å². The Morgan fingerprint density at radius 3 is 2.50 bits per heavy atom. The molecule has 2 aliphatic carbocycles. The highest BCUT2D eigenvalue weighted by atomic mass is 16.5. The molecule has 144 valence electrons. The summed E-state index contributed by atoms with van der Waals surface area (Å²) in [5, 5.41) is 0. The van der Waals surface area contributed by atoms with E-state index >= 15 is 0 Å². The van der Waals surface area contributed by atoms with E-state index in [1.165, 1.54) is 37.7 Å². The lowest BCUT2D eigenvalue weighted by molar-refractivity contribution is -0.141. The molecule has 0 N–H and O–H groups in total. The van der Waals surface area contributed by atoms with E-state index in [2.05, 4.69) is 6.92 Å². The van der Waals surface area contributed by atoms with Crippen molar-refractivity contribution in [3.8, 4) is 5.75 Å². The van der Waals surface area contributed by atoms with Crippen molar-refractivity contribution in [2.24, 2.45) is 17.8 Å². The summed E-state index contributed by atoms with van der Waals surface area (Å²) in [6, 6.07) is 7.75. The summed E-state index contributed by atoms with van der Waals surface area (Å²) in [7, 11) is 0. The van der Waals surface area contributed by atoms with Crippen molar-refractivity contribution in [2.45, 2.75) is 77.7 Å². The third-order valence-electron chi connectivity index (χ3n) is 6.24. The molecule has 0 bridgehead atoms. The monoisotopic (exact) mass is 358 g/mol. The van der Waals surface area contributed by atoms with Crippen LogP contribution in [0.3, 0.4) is 0 Å². The number of aryl methyl sites for hydroxylation is 1. The van der Waals surface area contributed by atoms with Crippen molar-refractivity contribution in [1.29, 1.82) is 0 Å². The Kier molecular flexibility index (Phi) is 7.13. The molecule has 1 aromatic carbocycles. The Labute approximate surface area is 158 Å². The molecular weight excluding hydrogens is 324 g/mol. The first-order valence-electron chi connectivity index (χ1n) is 10.6. The van der Waals surface area contributed by atoms with Gasteiger partial charge in [-0.2, -0.15) is 0 Å². The Morgan fingerprint density at radius 1 is 1.00 bits per heavy atom. The van der Waals surface area contributed by atoms with Crippen LogP contribution in [0.5, 0.6) is 5.75 Å². The quantitative estimate of drug-likeness (QED) is 0.357. The number of carbonyl (C=O) groups is 1. The van der Waals surface area contributed by atoms with E-state index in [1.54, 1.807) is 0 Å². The molecule has 4 atom stereocenters. The Hall–Kier alpha value is -1.35. The Balaban J connectivity index is 1.44. The van der Waals surface area contributed by atoms with Crippen LogP contribution in [0.1, 0.15) is 70.3 Å². The topological polar surface area (TPSA) is 35.5 Å². The molecule has 0 radical (unpaired) electrons. The fourth-order valence-corrected chi connectivity index (χ4v) is 4.62. The molecule has 3 heteroatoms. The lowest BCUT2D eigenvalue weighted by Crippen LogP contribution is -2.37. The lowest BCUT2D eigenvalue weighted by atomic mass is 9.67. The second-order valence-corrected chi connectivity index (χ2v) is 8.28. The first-order chi connectivity index (χ1) is 12.7. The molecule has 4 unspecified atom stereocenters. The summed E-state index contributed by atoms with van der Waals surface area (Å²) in [6.07, 6.45) is 10.8. The van der Waals surface area contributed by atoms with Crippen LogP contribution in [0.25, 0.3) is 0 Å². The van der Waals surface area contributed by atoms with Gasteiger partial charge in [-0.1, -0.05) is 37.5 Å². The summed E-state index contributed by atoms with van der Waals surface area (Å²) >= 11 is 0. The average molecular weight is 359 g/mol. The second kappa shape index (κ2) is 9.55. The number of unbranched alkanes of at least 4 members (excludes halogenated alkanes) is 2. The number of ether oxygens (including phenoxy) is 2. The molecule has 3 rings (SSSR count). The van der Waals surface area contributed by atoms with Gasteiger partial charge in [0.2, 0.25) is 0 Å². The summed E-state index contributed by atoms with van der Waals surface area (Å²) in [5.41, 5.74) is 1.18. The van der Waals surface area contributed by atoms with Gasteiger partial charge >= 0.3 is 5.97 Å². The smallest absolute Gasteiger partial charge is 0.314 e. The van der Waals surface area contributed by atoms with Crippen molar-refractivity contribution in [1.82, 2.24) is 0 Å². The molecular formula is C23H34O3. The number of benzene rings is 1. The average Bonchev–Trinajstić information content (AvgIpc) is 2.66. The van der Waals surface area contributed by atoms with Crippen molar-refractivity contribution < 1.29 is 14.3 Å². The van der Waals surface area contributed by atoms with E-state index in [4.69, 9.17) is 9.47 Å². The molecule has 26 heavy (non-hydrogen) atoms. The molecule has 1 aromatic rings. The molecule has 0 aliphatic heterocycles. The number of hydrogen-bond donors (Lipinski definition) is 0. The maximum atomic E-state index is 12.5. The van der Waals surface area contributed by atoms with Crippen LogP contribution in [0.4, 0.5) is 0 Å². The van der Waals surface area contributed by atoms with Crippen LogP contribution in [-0.2, 0) is 9.53 Å². The predicted octanol–water partition coefficient (Wildman–Crippen LogP) is 5.69. The largest absolute Gasteiger partial charge is 0.426 e. The van der Waals surface area contributed by atoms with Crippen LogP contribution in [0, 0.1) is 24.7 Å². The van der Waals surface area contributed by atoms with Crippen LogP contribution in [0.2, 0.25) is 0 Å². The van der Waals surface area contributed by atoms with E-state index < -0.39 is 0 Å². The highest BCUT2D eigenvalue weighted by Crippen LogP contribution is 2.43. The van der Waals surface area contributed by atoms with Gasteiger partial charge in [0.15, 0.2) is 0 Å². The minimum Gasteiger partial charge on any atom is -0.426 e. The fraction of sp³-hybridized carbons (Fsp3) is 0.696. The number of fused-ring (bicyclic) bond motifs is 1. The standard InChI is InChI=1S/C23H34O3/c1-3-4-5-14-25-22-13-10-18-15-20(9-8-19(18)16-22)23(24)26-21-11-6-17(2)7-12-21/h6-7,11-12,18-20,22H,3-5,8-10,13-16H2,1-2H3. The molecule has 0 amide bonds. The zero-order valence-electron chi connectivity index (χ0n) is 16.4. The van der Waals surface area contributed by atoms with Crippen LogP contribution in [0.15, 0.2) is 24.3 Å². The van der Waals surface area contributed by atoms with E-state index in [9.17, 15) is 4.79 Å². The summed E-state index contributed by atoms with van der Waals surface area (Å²) in [4.78, 5) is 12.5. The van der Waals surface area contributed by atoms with Crippen LogP contribution < -0.4 is 4.74 Å². The maximum absolute atomic E-state index is 12.5. The highest BCUT2D eigenvalue weighted by molar-refractivity contribution is 5.75. The zero-order chi connectivity index (χ0) is 18.4. The van der Waals surface area contributed by atoms with Gasteiger partial charge in [-0.3, -0.25) is 4.79 Å². The molecule has 0 saturated heterocycles. The summed E-state index contributed by atoms with van der Waals surface area (Å²) < 4.78 is 11.7. The molecule has 2 saturated carbocycles. The molecule has 0 aromatic heterocycles. The minimum absolute atomic E-state index is 0.0368. The molecule has 2 fully saturated rings. The molecule has 2 aliphatic rings. The van der Waals surface area contributed by atoms with E-state index in [0.717, 1.165) is 38.2 Å². The van der Waals surface area contributed by atoms with E-state index in [-0.39, 0.29) is 11.9 Å². The Morgan fingerprint density at radius 2 is 1.73 bits per heavy atom.